The van der Waals surface area contributed by atoms with E-state index in [-0.39, 0.29) is 23.4 Å². The number of alkyl halides is 3. The van der Waals surface area contributed by atoms with Crippen LogP contribution in [0.4, 0.5) is 17.6 Å². The van der Waals surface area contributed by atoms with Crippen molar-refractivity contribution in [2.24, 2.45) is 0 Å². The Morgan fingerprint density at radius 1 is 1.11 bits per heavy atom. The summed E-state index contributed by atoms with van der Waals surface area (Å²) in [5.41, 5.74) is 2.95. The van der Waals surface area contributed by atoms with E-state index < -0.39 is 30.2 Å². The van der Waals surface area contributed by atoms with Crippen molar-refractivity contribution < 1.29 is 31.8 Å². The van der Waals surface area contributed by atoms with Gasteiger partial charge < -0.3 is 24.1 Å². The third-order valence-electron chi connectivity index (χ3n) is 10.4. The molecule has 0 spiro atoms. The Balaban J connectivity index is 1.30. The Bertz CT molecular complexity index is 2280. The molecule has 12 nitrogen and oxygen atoms in total. The first-order valence-electron chi connectivity index (χ1n) is 17.8. The van der Waals surface area contributed by atoms with Crippen molar-refractivity contribution in [3.05, 3.63) is 117 Å². The second-order valence-electron chi connectivity index (χ2n) is 14.4. The number of imidazole rings is 1. The molecule has 3 aliphatic heterocycles. The molecular weight excluding hydrogens is 706 g/mol. The van der Waals surface area contributed by atoms with Crippen molar-refractivity contribution in [2.45, 2.75) is 95.8 Å². The average Bonchev–Trinajstić information content (AvgIpc) is 3.91. The van der Waals surface area contributed by atoms with E-state index in [1.54, 1.807) is 35.9 Å². The molecule has 4 aliphatic rings. The summed E-state index contributed by atoms with van der Waals surface area (Å²) < 4.78 is 77.8. The number of nitrogens with one attached hydrogen (secondary N) is 1. The van der Waals surface area contributed by atoms with Crippen LogP contribution in [0.15, 0.2) is 65.5 Å². The number of halogens is 4. The minimum atomic E-state index is -4.42. The molecule has 4 aromatic rings. The maximum Gasteiger partial charge on any atom is 0.408 e. The fourth-order valence-corrected chi connectivity index (χ4v) is 8.01. The highest BCUT2D eigenvalue weighted by Crippen LogP contribution is 2.48. The number of allylic oxidation sites excluding steroid dienone is 2. The van der Waals surface area contributed by atoms with Crippen LogP contribution in [0.25, 0.3) is 0 Å². The summed E-state index contributed by atoms with van der Waals surface area (Å²) in [6, 6.07) is 8.48. The van der Waals surface area contributed by atoms with Crippen LogP contribution in [0.3, 0.4) is 0 Å². The third-order valence-corrected chi connectivity index (χ3v) is 10.4. The Hall–Kier alpha value is -5.11. The lowest BCUT2D eigenvalue weighted by Crippen LogP contribution is -2.43. The lowest BCUT2D eigenvalue weighted by atomic mass is 9.88. The van der Waals surface area contributed by atoms with Gasteiger partial charge in [0.05, 0.1) is 42.1 Å². The number of hydrogen-bond acceptors (Lipinski definition) is 9. The molecule has 1 aromatic carbocycles. The molecule has 6 heterocycles. The van der Waals surface area contributed by atoms with Gasteiger partial charge in [0.2, 0.25) is 5.79 Å². The van der Waals surface area contributed by atoms with Gasteiger partial charge in [-0.25, -0.2) is 19.0 Å². The van der Waals surface area contributed by atoms with Crippen molar-refractivity contribution in [3.63, 3.8) is 0 Å². The predicted octanol–water partition coefficient (Wildman–Crippen LogP) is 5.92. The molecule has 54 heavy (non-hydrogen) atoms. The van der Waals surface area contributed by atoms with Crippen molar-refractivity contribution >= 4 is 0 Å². The molecule has 0 radical (unpaired) electrons. The molecule has 16 heteroatoms. The van der Waals surface area contributed by atoms with Crippen LogP contribution >= 0.6 is 0 Å². The minimum Gasteiger partial charge on any atom is -0.364 e. The fraction of sp³-hybridized carbons (Fsp3) is 0.447. The number of nitriles is 1. The van der Waals surface area contributed by atoms with E-state index in [2.05, 4.69) is 16.5 Å². The van der Waals surface area contributed by atoms with Crippen LogP contribution < -0.4 is 5.32 Å². The first-order chi connectivity index (χ1) is 25.7. The highest BCUT2D eigenvalue weighted by molar-refractivity contribution is 5.61. The van der Waals surface area contributed by atoms with Crippen LogP contribution in [-0.4, -0.2) is 65.9 Å². The molecule has 4 unspecified atom stereocenters. The van der Waals surface area contributed by atoms with E-state index in [1.807, 2.05) is 37.6 Å². The smallest absolute Gasteiger partial charge is 0.364 e. The van der Waals surface area contributed by atoms with Gasteiger partial charge in [-0.05, 0) is 88.1 Å². The maximum atomic E-state index is 14.1. The lowest BCUT2D eigenvalue weighted by Gasteiger charge is -2.36. The summed E-state index contributed by atoms with van der Waals surface area (Å²) >= 11 is 0. The van der Waals surface area contributed by atoms with E-state index in [9.17, 15) is 22.8 Å². The maximum absolute atomic E-state index is 14.1. The predicted molar refractivity (Wildman–Crippen MR) is 185 cm³/mol. The summed E-state index contributed by atoms with van der Waals surface area (Å²) in [5, 5.41) is 23.4. The van der Waals surface area contributed by atoms with Gasteiger partial charge in [0, 0.05) is 36.8 Å². The SMILES string of the molecule is COC1(OC(C)C)C(C#N)=CC=C2NC(c3cn4c(n3)C(c3cc(C)n(CC(F)(F)F)n3)CCC4)(c3nc4n(n3)CCOC4c3ccc(F)cc3C)C=C21. The van der Waals surface area contributed by atoms with Gasteiger partial charge in [0.1, 0.15) is 30.4 Å². The number of nitrogens with zero attached hydrogens (tertiary/aromatic N) is 8. The first-order valence-corrected chi connectivity index (χ1v) is 17.8. The van der Waals surface area contributed by atoms with Crippen molar-refractivity contribution in [3.8, 4) is 6.07 Å². The molecule has 282 valence electrons. The van der Waals surface area contributed by atoms with E-state index in [0.29, 0.717) is 77.5 Å². The number of rotatable bonds is 8. The molecule has 0 bridgehead atoms. The average molecular weight is 746 g/mol. The Kier molecular flexibility index (Phi) is 8.66. The Labute approximate surface area is 308 Å². The molecule has 3 aromatic heterocycles. The largest absolute Gasteiger partial charge is 0.408 e. The van der Waals surface area contributed by atoms with Gasteiger partial charge in [-0.15, -0.1) is 0 Å². The summed E-state index contributed by atoms with van der Waals surface area (Å²) in [5.74, 6) is -0.788. The second kappa shape index (κ2) is 13.0. The second-order valence-corrected chi connectivity index (χ2v) is 14.4. The molecule has 0 saturated carbocycles. The number of methoxy groups -OCH3 is 1. The number of fused-ring (bicyclic) bond motifs is 3. The van der Waals surface area contributed by atoms with Crippen LogP contribution in [0.5, 0.6) is 0 Å². The molecule has 1 N–H and O–H groups in total. The molecule has 0 fully saturated rings. The molecule has 1 aliphatic carbocycles. The molecule has 0 amide bonds. The zero-order valence-corrected chi connectivity index (χ0v) is 30.4. The van der Waals surface area contributed by atoms with Crippen molar-refractivity contribution in [2.75, 3.05) is 13.7 Å². The Morgan fingerprint density at radius 2 is 1.93 bits per heavy atom. The van der Waals surface area contributed by atoms with Gasteiger partial charge >= 0.3 is 6.18 Å². The van der Waals surface area contributed by atoms with Crippen LogP contribution in [-0.2, 0) is 39.4 Å². The molecule has 0 saturated heterocycles. The zero-order valence-electron chi connectivity index (χ0n) is 30.4. The van der Waals surface area contributed by atoms with Crippen LogP contribution in [0.1, 0.15) is 84.4 Å². The van der Waals surface area contributed by atoms with Gasteiger partial charge in [0.15, 0.2) is 17.2 Å². The highest BCUT2D eigenvalue weighted by Gasteiger charge is 2.54. The van der Waals surface area contributed by atoms with Crippen molar-refractivity contribution in [1.29, 1.82) is 5.26 Å². The monoisotopic (exact) mass is 745 g/mol. The van der Waals surface area contributed by atoms with Gasteiger partial charge in [-0.3, -0.25) is 4.68 Å². The van der Waals surface area contributed by atoms with E-state index in [1.165, 1.54) is 19.2 Å². The summed E-state index contributed by atoms with van der Waals surface area (Å²) in [6.45, 7) is 7.34. The lowest BCUT2D eigenvalue weighted by molar-refractivity contribution is -0.186. The number of hydrogen-bond donors (Lipinski definition) is 1. The van der Waals surface area contributed by atoms with Crippen LogP contribution in [0, 0.1) is 31.0 Å². The topological polar surface area (TPSA) is 130 Å². The quantitative estimate of drug-likeness (QED) is 0.173. The van der Waals surface area contributed by atoms with Gasteiger partial charge in [-0.2, -0.15) is 28.6 Å². The summed E-state index contributed by atoms with van der Waals surface area (Å²) in [7, 11) is 1.48. The van der Waals surface area contributed by atoms with Crippen molar-refractivity contribution in [1.82, 2.24) is 39.4 Å². The third kappa shape index (κ3) is 5.85. The van der Waals surface area contributed by atoms with Crippen LogP contribution in [0.2, 0.25) is 0 Å². The van der Waals surface area contributed by atoms with E-state index in [0.717, 1.165) is 16.7 Å². The molecular formula is C38H39F4N9O3. The van der Waals surface area contributed by atoms with E-state index >= 15 is 0 Å². The number of benzene rings is 1. The Morgan fingerprint density at radius 3 is 2.65 bits per heavy atom. The fourth-order valence-electron chi connectivity index (χ4n) is 8.01. The molecule has 4 atom stereocenters. The van der Waals surface area contributed by atoms with E-state index in [4.69, 9.17) is 29.3 Å². The summed E-state index contributed by atoms with van der Waals surface area (Å²) in [4.78, 5) is 10.4. The standard InChI is InChI=1S/C38H39F4N9O3/c1-21(2)54-38(52-5)24(18-43)8-11-29-28(38)17-36(46-29,35-45-34-32(53-14-13-50(34)48-35)26-10-9-25(39)15-22(26)3)31-19-49-12-6-7-27(33(49)44-31)30-16-23(4)51(47-30)20-37(40,41)42/h8-11,15-17,19,21,27,32,46H,6-7,12-14,20H2,1-5H3. The normalized spacial score (nSPS) is 24.9. The number of aromatic nitrogens is 7. The minimum absolute atomic E-state index is 0.248. The number of aryl methyl sites for hydroxylation is 3. The zero-order chi connectivity index (χ0) is 38.2. The molecule has 8 rings (SSSR count). The number of ether oxygens (including phenoxy) is 3. The van der Waals surface area contributed by atoms with Gasteiger partial charge in [-0.1, -0.05) is 6.07 Å². The first kappa shape index (κ1) is 35.9. The summed E-state index contributed by atoms with van der Waals surface area (Å²) in [6.07, 6.45) is 3.25. The van der Waals surface area contributed by atoms with Gasteiger partial charge in [0.25, 0.3) is 0 Å². The highest BCUT2D eigenvalue weighted by atomic mass is 19.4.